The van der Waals surface area contributed by atoms with E-state index in [4.69, 9.17) is 5.14 Å². The number of nitrogens with two attached hydrogens (primary N) is 1. The van der Waals surface area contributed by atoms with Gasteiger partial charge in [-0.1, -0.05) is 0 Å². The van der Waals surface area contributed by atoms with Crippen molar-refractivity contribution < 1.29 is 8.42 Å². The maximum absolute atomic E-state index is 11.1. The highest BCUT2D eigenvalue weighted by Gasteiger charge is 2.24. The number of piperidine rings is 1. The Bertz CT molecular complexity index is 703. The Morgan fingerprint density at radius 3 is 2.80 bits per heavy atom. The number of rotatable bonds is 3. The van der Waals surface area contributed by atoms with E-state index in [0.717, 1.165) is 42.8 Å². The summed E-state index contributed by atoms with van der Waals surface area (Å²) in [5.74, 6) is 1.10. The zero-order valence-corrected chi connectivity index (χ0v) is 11.8. The molecule has 2 aromatic heterocycles. The summed E-state index contributed by atoms with van der Waals surface area (Å²) in [6.45, 7) is 1.57. The predicted octanol–water partition coefficient (Wildman–Crippen LogP) is 0.463. The topological polar surface area (TPSA) is 105 Å². The lowest BCUT2D eigenvalue weighted by Crippen LogP contribution is -2.37. The third-order valence-electron chi connectivity index (χ3n) is 3.71. The minimum atomic E-state index is -3.38. The molecule has 1 fully saturated rings. The number of hydrogen-bond donors (Lipinski definition) is 2. The van der Waals surface area contributed by atoms with Crippen LogP contribution in [-0.2, 0) is 10.0 Å². The van der Waals surface area contributed by atoms with E-state index < -0.39 is 10.0 Å². The van der Waals surface area contributed by atoms with Gasteiger partial charge < -0.3 is 9.88 Å². The lowest BCUT2D eigenvalue weighted by molar-refractivity contribution is 0.434. The molecule has 1 aliphatic heterocycles. The largest absolute Gasteiger partial charge is 0.357 e. The molecule has 0 unspecified atom stereocenters. The van der Waals surface area contributed by atoms with E-state index in [9.17, 15) is 8.42 Å². The molecule has 3 rings (SSSR count). The first-order valence-corrected chi connectivity index (χ1v) is 8.28. The maximum atomic E-state index is 11.1. The quantitative estimate of drug-likeness (QED) is 0.856. The van der Waals surface area contributed by atoms with Crippen LogP contribution in [-0.4, -0.2) is 42.2 Å². The van der Waals surface area contributed by atoms with Crippen molar-refractivity contribution in [2.45, 2.75) is 12.8 Å². The smallest absolute Gasteiger partial charge is 0.209 e. The molecule has 108 valence electrons. The van der Waals surface area contributed by atoms with E-state index in [1.807, 2.05) is 12.3 Å². The normalized spacial score (nSPS) is 17.8. The molecule has 2 aromatic rings. The fourth-order valence-electron chi connectivity index (χ4n) is 2.74. The molecule has 20 heavy (non-hydrogen) atoms. The van der Waals surface area contributed by atoms with Crippen LogP contribution in [0.1, 0.15) is 12.8 Å². The van der Waals surface area contributed by atoms with Gasteiger partial charge in [-0.25, -0.2) is 23.5 Å². The first kappa shape index (κ1) is 13.3. The van der Waals surface area contributed by atoms with E-state index in [1.165, 1.54) is 0 Å². The summed E-state index contributed by atoms with van der Waals surface area (Å²) in [6, 6.07) is 1.91. The number of H-pyrrole nitrogens is 1. The van der Waals surface area contributed by atoms with Crippen molar-refractivity contribution in [1.29, 1.82) is 0 Å². The van der Waals surface area contributed by atoms with E-state index in [1.54, 1.807) is 6.33 Å². The van der Waals surface area contributed by atoms with Gasteiger partial charge in [0.1, 0.15) is 11.8 Å². The number of anilines is 1. The Labute approximate surface area is 117 Å². The second-order valence-corrected chi connectivity index (χ2v) is 6.85. The Hall–Kier alpha value is -1.67. The molecule has 0 aromatic carbocycles. The number of primary sulfonamides is 1. The summed E-state index contributed by atoms with van der Waals surface area (Å²) < 4.78 is 22.3. The molecule has 1 saturated heterocycles. The number of aromatic amines is 1. The van der Waals surface area contributed by atoms with E-state index >= 15 is 0 Å². The highest BCUT2D eigenvalue weighted by molar-refractivity contribution is 7.89. The molecule has 0 radical (unpaired) electrons. The molecular formula is C12H17N5O2S. The Morgan fingerprint density at radius 2 is 2.10 bits per heavy atom. The fraction of sp³-hybridized carbons (Fsp3) is 0.500. The maximum Gasteiger partial charge on any atom is 0.209 e. The minimum Gasteiger partial charge on any atom is -0.357 e. The van der Waals surface area contributed by atoms with Gasteiger partial charge >= 0.3 is 0 Å². The van der Waals surface area contributed by atoms with Crippen LogP contribution in [0, 0.1) is 5.92 Å². The van der Waals surface area contributed by atoms with E-state index in [-0.39, 0.29) is 11.7 Å². The van der Waals surface area contributed by atoms with Crippen LogP contribution in [0.3, 0.4) is 0 Å². The first-order valence-electron chi connectivity index (χ1n) is 6.56. The standard InChI is InChI=1S/C12H17N5O2S/c13-20(18,19)7-9-2-5-17(6-3-9)12-11-10(1-4-14-11)15-8-16-12/h1,4,8-9,14H,2-3,5-7H2,(H2,13,18,19). The van der Waals surface area contributed by atoms with Gasteiger partial charge in [-0.2, -0.15) is 0 Å². The van der Waals surface area contributed by atoms with Crippen LogP contribution in [0.2, 0.25) is 0 Å². The SMILES string of the molecule is NS(=O)(=O)CC1CCN(c2ncnc3cc[nH]c23)CC1. The van der Waals surface area contributed by atoms with Gasteiger partial charge in [-0.15, -0.1) is 0 Å². The van der Waals surface area contributed by atoms with Gasteiger partial charge in [0, 0.05) is 19.3 Å². The molecule has 0 amide bonds. The monoisotopic (exact) mass is 295 g/mol. The third-order valence-corrected chi connectivity index (χ3v) is 4.64. The Morgan fingerprint density at radius 1 is 1.35 bits per heavy atom. The summed E-state index contributed by atoms with van der Waals surface area (Å²) in [7, 11) is -3.38. The molecule has 0 saturated carbocycles. The zero-order valence-electron chi connectivity index (χ0n) is 11.0. The molecule has 3 heterocycles. The number of aromatic nitrogens is 3. The van der Waals surface area contributed by atoms with Gasteiger partial charge in [-0.3, -0.25) is 0 Å². The average Bonchev–Trinajstić information content (AvgIpc) is 2.86. The molecule has 3 N–H and O–H groups in total. The molecule has 0 bridgehead atoms. The predicted molar refractivity (Wildman–Crippen MR) is 76.8 cm³/mol. The van der Waals surface area contributed by atoms with Gasteiger partial charge in [-0.05, 0) is 24.8 Å². The molecule has 0 aliphatic carbocycles. The molecule has 8 heteroatoms. The minimum absolute atomic E-state index is 0.0720. The summed E-state index contributed by atoms with van der Waals surface area (Å²) in [5.41, 5.74) is 1.82. The van der Waals surface area contributed by atoms with Crippen molar-refractivity contribution in [3.8, 4) is 0 Å². The second kappa shape index (κ2) is 5.02. The molecule has 1 aliphatic rings. The average molecular weight is 295 g/mol. The van der Waals surface area contributed by atoms with Crippen molar-refractivity contribution in [2.75, 3.05) is 23.7 Å². The van der Waals surface area contributed by atoms with Crippen molar-refractivity contribution in [1.82, 2.24) is 15.0 Å². The van der Waals surface area contributed by atoms with Crippen LogP contribution < -0.4 is 10.0 Å². The lowest BCUT2D eigenvalue weighted by atomic mass is 9.99. The van der Waals surface area contributed by atoms with Crippen molar-refractivity contribution >= 4 is 26.9 Å². The number of hydrogen-bond acceptors (Lipinski definition) is 5. The summed E-state index contributed by atoms with van der Waals surface area (Å²) in [5, 5.41) is 5.11. The van der Waals surface area contributed by atoms with Crippen LogP contribution >= 0.6 is 0 Å². The Balaban J connectivity index is 1.74. The van der Waals surface area contributed by atoms with E-state index in [2.05, 4.69) is 19.9 Å². The Kier molecular flexibility index (Phi) is 3.35. The van der Waals surface area contributed by atoms with Gasteiger partial charge in [0.2, 0.25) is 10.0 Å². The first-order chi connectivity index (χ1) is 9.53. The number of fused-ring (bicyclic) bond motifs is 1. The fourth-order valence-corrected chi connectivity index (χ4v) is 3.73. The summed E-state index contributed by atoms with van der Waals surface area (Å²) in [4.78, 5) is 13.9. The van der Waals surface area contributed by atoms with Crippen LogP contribution in [0.4, 0.5) is 5.82 Å². The number of nitrogens with zero attached hydrogens (tertiary/aromatic N) is 3. The molecule has 7 nitrogen and oxygen atoms in total. The second-order valence-electron chi connectivity index (χ2n) is 5.20. The van der Waals surface area contributed by atoms with Crippen LogP contribution in [0.15, 0.2) is 18.6 Å². The lowest BCUT2D eigenvalue weighted by Gasteiger charge is -2.32. The zero-order chi connectivity index (χ0) is 14.2. The third kappa shape index (κ3) is 2.75. The van der Waals surface area contributed by atoms with Crippen molar-refractivity contribution in [3.63, 3.8) is 0 Å². The molecule has 0 atom stereocenters. The van der Waals surface area contributed by atoms with Gasteiger partial charge in [0.25, 0.3) is 0 Å². The van der Waals surface area contributed by atoms with Crippen molar-refractivity contribution in [3.05, 3.63) is 18.6 Å². The highest BCUT2D eigenvalue weighted by Crippen LogP contribution is 2.26. The van der Waals surface area contributed by atoms with E-state index in [0.29, 0.717) is 0 Å². The van der Waals surface area contributed by atoms with Gasteiger partial charge in [0.15, 0.2) is 5.82 Å². The summed E-state index contributed by atoms with van der Waals surface area (Å²) >= 11 is 0. The number of nitrogens with one attached hydrogen (secondary N) is 1. The van der Waals surface area contributed by atoms with Crippen LogP contribution in [0.5, 0.6) is 0 Å². The van der Waals surface area contributed by atoms with Crippen LogP contribution in [0.25, 0.3) is 11.0 Å². The van der Waals surface area contributed by atoms with Gasteiger partial charge in [0.05, 0.1) is 11.3 Å². The highest BCUT2D eigenvalue weighted by atomic mass is 32.2. The molecule has 0 spiro atoms. The summed E-state index contributed by atoms with van der Waals surface area (Å²) in [6.07, 6.45) is 5.02. The van der Waals surface area contributed by atoms with Crippen molar-refractivity contribution in [2.24, 2.45) is 11.1 Å². The number of sulfonamides is 1. The molecular weight excluding hydrogens is 278 g/mol.